The third-order valence-electron chi connectivity index (χ3n) is 14.1. The van der Waals surface area contributed by atoms with Gasteiger partial charge in [0.2, 0.25) is 0 Å². The molecule has 0 aromatic heterocycles. The summed E-state index contributed by atoms with van der Waals surface area (Å²) in [5, 5.41) is 8.09. The van der Waals surface area contributed by atoms with Gasteiger partial charge in [0.05, 0.1) is 5.71 Å². The topological polar surface area (TPSA) is 48.8 Å². The molecule has 0 aliphatic carbocycles. The van der Waals surface area contributed by atoms with Crippen LogP contribution in [0, 0.1) is 38.5 Å². The predicted octanol–water partition coefficient (Wildman–Crippen LogP) is 13.5. The van der Waals surface area contributed by atoms with Crippen LogP contribution in [0.4, 0.5) is 11.4 Å². The van der Waals surface area contributed by atoms with Crippen molar-refractivity contribution in [1.82, 2.24) is 0 Å². The lowest BCUT2D eigenvalue weighted by Gasteiger charge is -2.52. The Morgan fingerprint density at radius 1 is 0.552 bits per heavy atom. The van der Waals surface area contributed by atoms with Crippen LogP contribution in [-0.4, -0.2) is 25.5 Å². The molecular weight excluding hydrogens is 705 g/mol. The number of hydrogen-bond donors (Lipinski definition) is 2. The Hall–Kier alpha value is -5.48. The third-order valence-corrected chi connectivity index (χ3v) is 14.1. The molecule has 2 aliphatic rings. The number of nitrogens with one attached hydrogen (secondary N) is 2. The summed E-state index contributed by atoms with van der Waals surface area (Å²) < 4.78 is 0. The van der Waals surface area contributed by atoms with Crippen molar-refractivity contribution in [2.45, 2.75) is 93.4 Å². The number of aliphatic imine (C=N–C) groups is 2. The van der Waals surface area contributed by atoms with Gasteiger partial charge < -0.3 is 10.6 Å². The number of rotatable bonds is 8. The molecule has 1 unspecified atom stereocenters. The zero-order valence-electron chi connectivity index (χ0n) is 36.9. The molecule has 58 heavy (non-hydrogen) atoms. The van der Waals surface area contributed by atoms with Gasteiger partial charge in [-0.05, 0) is 79.6 Å². The van der Waals surface area contributed by atoms with Crippen LogP contribution in [0.2, 0.25) is 0 Å². The van der Waals surface area contributed by atoms with Gasteiger partial charge in [-0.3, -0.25) is 9.98 Å². The van der Waals surface area contributed by atoms with Gasteiger partial charge in [-0.25, -0.2) is 0 Å². The van der Waals surface area contributed by atoms with Gasteiger partial charge in [-0.2, -0.15) is 0 Å². The molecule has 1 atom stereocenters. The highest BCUT2D eigenvalue weighted by atomic mass is 15.0. The molecule has 4 heteroatoms. The second-order valence-electron chi connectivity index (χ2n) is 18.5. The van der Waals surface area contributed by atoms with Gasteiger partial charge in [-0.15, -0.1) is 0 Å². The number of benzene rings is 5. The maximum Gasteiger partial charge on any atom is 0.0739 e. The van der Waals surface area contributed by atoms with Crippen molar-refractivity contribution < 1.29 is 0 Å². The Kier molecular flexibility index (Phi) is 10.8. The lowest BCUT2D eigenvalue weighted by molar-refractivity contribution is 0.204. The van der Waals surface area contributed by atoms with Crippen molar-refractivity contribution in [2.75, 3.05) is 24.2 Å². The van der Waals surface area contributed by atoms with Crippen LogP contribution in [0.1, 0.15) is 105 Å². The molecule has 0 saturated heterocycles. The monoisotopic (exact) mass is 766 g/mol. The van der Waals surface area contributed by atoms with Crippen LogP contribution < -0.4 is 10.6 Å². The summed E-state index contributed by atoms with van der Waals surface area (Å²) in [6.45, 7) is 26.2. The molecule has 5 aromatic carbocycles. The predicted molar refractivity (Wildman–Crippen MR) is 251 cm³/mol. The highest BCUT2D eigenvalue weighted by Crippen LogP contribution is 2.58. The smallest absolute Gasteiger partial charge is 0.0739 e. The number of nitrogens with zero attached hydrogens (tertiary/aromatic N) is 2. The van der Waals surface area contributed by atoms with Crippen LogP contribution in [0.3, 0.4) is 0 Å². The molecule has 0 radical (unpaired) electrons. The molecule has 0 saturated carbocycles. The summed E-state index contributed by atoms with van der Waals surface area (Å²) in [6, 6.07) is 41.8. The number of aryl methyl sites for hydroxylation is 4. The Morgan fingerprint density at radius 2 is 1.07 bits per heavy atom. The molecule has 0 spiro atoms. The van der Waals surface area contributed by atoms with Crippen molar-refractivity contribution in [3.63, 3.8) is 0 Å². The van der Waals surface area contributed by atoms with Gasteiger partial charge in [0.15, 0.2) is 0 Å². The van der Waals surface area contributed by atoms with Gasteiger partial charge in [0.1, 0.15) is 0 Å². The molecule has 2 aliphatic heterocycles. The standard InChI is InChI=1S/C54H62N4/c1-35-31-36(2)33-41(32-35)48(55-12)45(40-25-17-14-18-26-40)50-54(11,52(7,8)44-28-20-22-38(4)47(44)58-50)29-30-56-34-42(39-23-15-13-16-24-39)49-53(9,10)51(5,6)43-27-19-21-37(3)46(43)57-49/h13-28,31-34,57-58H,29-30H2,1-12H3/b49-42+,50-45-,55-48+,56-34+. The lowest BCUT2D eigenvalue weighted by Crippen LogP contribution is -2.48. The largest absolute Gasteiger partial charge is 0.357 e. The SMILES string of the molecule is C/N=C(/C(=C1\Nc2c(C)cccc2C(C)(C)C1(C)CC/N=C/C(=C1\Nc2c(C)cccc2C(C)(C)C1(C)C)c1ccccc1)c1ccccc1)c1cc(C)cc(C)c1. The molecule has 298 valence electrons. The summed E-state index contributed by atoms with van der Waals surface area (Å²) in [5.74, 6) is 0. The molecule has 2 heterocycles. The van der Waals surface area contributed by atoms with E-state index in [9.17, 15) is 0 Å². The van der Waals surface area contributed by atoms with Crippen LogP contribution in [0.5, 0.6) is 0 Å². The fourth-order valence-electron chi connectivity index (χ4n) is 9.54. The maximum absolute atomic E-state index is 5.40. The van der Waals surface area contributed by atoms with E-state index < -0.39 is 0 Å². The molecule has 4 nitrogen and oxygen atoms in total. The van der Waals surface area contributed by atoms with Crippen LogP contribution in [0.25, 0.3) is 11.1 Å². The summed E-state index contributed by atoms with van der Waals surface area (Å²) >= 11 is 0. The minimum atomic E-state index is -0.369. The second-order valence-corrected chi connectivity index (χ2v) is 18.5. The third kappa shape index (κ3) is 6.85. The average Bonchev–Trinajstić information content (AvgIpc) is 3.18. The molecular formula is C54H62N4. The van der Waals surface area contributed by atoms with Gasteiger partial charge in [0.25, 0.3) is 0 Å². The Bertz CT molecular complexity index is 2460. The minimum Gasteiger partial charge on any atom is -0.357 e. The van der Waals surface area contributed by atoms with Crippen LogP contribution >= 0.6 is 0 Å². The maximum atomic E-state index is 5.40. The number of allylic oxidation sites excluding steroid dienone is 4. The first kappa shape index (κ1) is 40.7. The lowest BCUT2D eigenvalue weighted by atomic mass is 9.56. The highest BCUT2D eigenvalue weighted by molar-refractivity contribution is 6.33. The van der Waals surface area contributed by atoms with Crippen LogP contribution in [-0.2, 0) is 10.8 Å². The van der Waals surface area contributed by atoms with Crippen molar-refractivity contribution >= 4 is 34.4 Å². The highest BCUT2D eigenvalue weighted by Gasteiger charge is 2.51. The number of fused-ring (bicyclic) bond motifs is 2. The van der Waals surface area contributed by atoms with E-state index in [-0.39, 0.29) is 21.7 Å². The molecule has 0 amide bonds. The van der Waals surface area contributed by atoms with Gasteiger partial charge in [0, 0.05) is 80.9 Å². The minimum absolute atomic E-state index is 0.124. The number of para-hydroxylation sites is 2. The van der Waals surface area contributed by atoms with Crippen molar-refractivity contribution in [3.8, 4) is 0 Å². The van der Waals surface area contributed by atoms with Crippen molar-refractivity contribution in [3.05, 3.63) is 177 Å². The van der Waals surface area contributed by atoms with Gasteiger partial charge in [-0.1, -0.05) is 163 Å². The zero-order valence-corrected chi connectivity index (χ0v) is 36.9. The van der Waals surface area contributed by atoms with Crippen molar-refractivity contribution in [1.29, 1.82) is 0 Å². The molecule has 2 N–H and O–H groups in total. The Labute approximate surface area is 348 Å². The molecule has 0 fully saturated rings. The van der Waals surface area contributed by atoms with E-state index in [2.05, 4.69) is 208 Å². The molecule has 5 aromatic rings. The van der Waals surface area contributed by atoms with E-state index in [0.717, 1.165) is 40.0 Å². The zero-order chi connectivity index (χ0) is 41.6. The van der Waals surface area contributed by atoms with E-state index in [1.54, 1.807) is 0 Å². The number of hydrogen-bond acceptors (Lipinski definition) is 4. The Balaban J connectivity index is 1.40. The molecule has 0 bridgehead atoms. The van der Waals surface area contributed by atoms with E-state index >= 15 is 0 Å². The normalized spacial score (nSPS) is 21.1. The van der Waals surface area contributed by atoms with E-state index in [0.29, 0.717) is 6.54 Å². The fraction of sp³-hybridized carbons (Fsp3) is 0.333. The summed E-state index contributed by atoms with van der Waals surface area (Å²) in [4.78, 5) is 10.5. The van der Waals surface area contributed by atoms with Crippen molar-refractivity contribution in [2.24, 2.45) is 20.8 Å². The second kappa shape index (κ2) is 15.4. The molecule has 7 rings (SSSR count). The Morgan fingerprint density at radius 3 is 1.62 bits per heavy atom. The first-order valence-corrected chi connectivity index (χ1v) is 20.9. The van der Waals surface area contributed by atoms with E-state index in [1.165, 1.54) is 56.1 Å². The van der Waals surface area contributed by atoms with E-state index in [1.807, 2.05) is 7.05 Å². The summed E-state index contributed by atoms with van der Waals surface area (Å²) in [7, 11) is 1.94. The first-order valence-electron chi connectivity index (χ1n) is 20.9. The van der Waals surface area contributed by atoms with Gasteiger partial charge >= 0.3 is 0 Å². The summed E-state index contributed by atoms with van der Waals surface area (Å²) in [6.07, 6.45) is 2.97. The first-order chi connectivity index (χ1) is 27.5. The van der Waals surface area contributed by atoms with E-state index in [4.69, 9.17) is 9.98 Å². The average molecular weight is 767 g/mol. The number of anilines is 2. The quantitative estimate of drug-likeness (QED) is 0.155. The fourth-order valence-corrected chi connectivity index (χ4v) is 9.54. The summed E-state index contributed by atoms with van der Waals surface area (Å²) in [5.41, 5.74) is 18.1. The van der Waals surface area contributed by atoms with Crippen LogP contribution in [0.15, 0.2) is 137 Å².